The number of nitrogens with zero attached hydrogens (tertiary/aromatic N) is 2. The molecule has 3 rings (SSSR count). The summed E-state index contributed by atoms with van der Waals surface area (Å²) < 4.78 is 0. The van der Waals surface area contributed by atoms with Gasteiger partial charge in [0.2, 0.25) is 53.2 Å². The van der Waals surface area contributed by atoms with Gasteiger partial charge in [0.15, 0.2) is 5.96 Å². The molecule has 1 heterocycles. The number of hydrogen-bond acceptors (Lipinski definition) is 13. The molecule has 0 unspecified atom stereocenters. The Morgan fingerprint density at radius 2 is 1.31 bits per heavy atom. The van der Waals surface area contributed by atoms with E-state index in [4.69, 9.17) is 17.2 Å². The molecule has 22 nitrogen and oxygen atoms in total. The van der Waals surface area contributed by atoms with Crippen LogP contribution in [0.25, 0.3) is 0 Å². The van der Waals surface area contributed by atoms with Gasteiger partial charge in [-0.05, 0) is 66.5 Å². The van der Waals surface area contributed by atoms with Crippen LogP contribution in [0.2, 0.25) is 0 Å². The molecule has 0 spiro atoms. The van der Waals surface area contributed by atoms with Crippen LogP contribution in [-0.2, 0) is 56.0 Å². The summed E-state index contributed by atoms with van der Waals surface area (Å²) in [5.41, 5.74) is 17.3. The second-order valence-electron chi connectivity index (χ2n) is 17.9. The molecule has 0 radical (unpaired) electrons. The van der Waals surface area contributed by atoms with Crippen LogP contribution in [0, 0.1) is 11.8 Å². The fourth-order valence-electron chi connectivity index (χ4n) is 7.80. The third kappa shape index (κ3) is 19.6. The first-order valence-electron chi connectivity index (χ1n) is 24.0. The number of amides is 9. The van der Waals surface area contributed by atoms with E-state index in [1.165, 1.54) is 17.0 Å². The maximum atomic E-state index is 14.4. The lowest BCUT2D eigenvalue weighted by atomic mass is 9.95. The molecule has 396 valence electrons. The van der Waals surface area contributed by atoms with Gasteiger partial charge < -0.3 is 64.4 Å². The van der Waals surface area contributed by atoms with E-state index < -0.39 is 114 Å². The lowest BCUT2D eigenvalue weighted by molar-refractivity contribution is -0.142. The number of thiol groups is 2. The number of phenolic OH excluding ortho intramolecular Hbond substituents is 1. The molecule has 14 N–H and O–H groups in total. The fraction of sp³-hybridized carbons (Fsp3) is 0.542. The topological polar surface area (TPSA) is 352 Å². The molecule has 0 saturated carbocycles. The van der Waals surface area contributed by atoms with Crippen LogP contribution < -0.4 is 54.4 Å². The van der Waals surface area contributed by atoms with Crippen LogP contribution in [0.4, 0.5) is 0 Å². The largest absolute Gasteiger partial charge is 0.508 e. The van der Waals surface area contributed by atoms with Gasteiger partial charge in [-0.1, -0.05) is 76.6 Å². The summed E-state index contributed by atoms with van der Waals surface area (Å²) in [7, 11) is 0. The highest BCUT2D eigenvalue weighted by Gasteiger charge is 2.40. The van der Waals surface area contributed by atoms with Crippen molar-refractivity contribution >= 4 is 84.4 Å². The average Bonchev–Trinajstić information content (AvgIpc) is 3.84. The molecule has 0 bridgehead atoms. The summed E-state index contributed by atoms with van der Waals surface area (Å²) >= 11 is 8.49. The lowest BCUT2D eigenvalue weighted by Gasteiger charge is -2.32. The zero-order valence-electron chi connectivity index (χ0n) is 41.2. The number of aromatic hydroxyl groups is 1. The lowest BCUT2D eigenvalue weighted by Crippen LogP contribution is -2.62. The minimum absolute atomic E-state index is 0.00699. The summed E-state index contributed by atoms with van der Waals surface area (Å²) in [5.74, 6) is -7.16. The first-order chi connectivity index (χ1) is 34.2. The molecule has 24 heteroatoms. The number of carbonyl (C=O) groups is 9. The summed E-state index contributed by atoms with van der Waals surface area (Å²) in [6.07, 6.45) is 1.50. The van der Waals surface area contributed by atoms with E-state index in [0.29, 0.717) is 24.0 Å². The second-order valence-corrected chi connectivity index (χ2v) is 18.8. The van der Waals surface area contributed by atoms with Crippen LogP contribution >= 0.6 is 25.3 Å². The molecule has 72 heavy (non-hydrogen) atoms. The molecular formula is C48H72N12O10S2. The van der Waals surface area contributed by atoms with E-state index in [2.05, 4.69) is 67.5 Å². The van der Waals surface area contributed by atoms with Crippen molar-refractivity contribution in [3.8, 4) is 5.75 Å². The van der Waals surface area contributed by atoms with E-state index >= 15 is 0 Å². The zero-order chi connectivity index (χ0) is 53.5. The Morgan fingerprint density at radius 1 is 0.722 bits per heavy atom. The van der Waals surface area contributed by atoms with E-state index in [1.54, 1.807) is 63.2 Å². The minimum atomic E-state index is -1.25. The van der Waals surface area contributed by atoms with E-state index in [0.717, 1.165) is 0 Å². The SMILES string of the molecule is CC[C@H](C)[C@H](NC(=O)[C@H](Cc1ccccc1)NC(=O)[C@H](Cc1ccc(O)cc1)NC(=O)CCS)C(=O)N[C@H](C(=O)N[C@@H](CS)C(=O)N1CCC[C@H]1C(=O)N[C@H](CCCN=C(N)N)C(=O)NCC(N)=O)C(C)C. The highest BCUT2D eigenvalue weighted by Crippen LogP contribution is 2.21. The molecule has 1 fully saturated rings. The van der Waals surface area contributed by atoms with Gasteiger partial charge in [-0.25, -0.2) is 0 Å². The molecule has 1 saturated heterocycles. The summed E-state index contributed by atoms with van der Waals surface area (Å²) in [6.45, 7) is 6.75. The number of hydrogen-bond donors (Lipinski definition) is 13. The number of likely N-dealkylation sites (tertiary alicyclic amines) is 1. The molecule has 0 aliphatic carbocycles. The van der Waals surface area contributed by atoms with E-state index in [-0.39, 0.29) is 74.8 Å². The van der Waals surface area contributed by atoms with Crippen LogP contribution in [0.1, 0.15) is 77.3 Å². The molecular weight excluding hydrogens is 969 g/mol. The van der Waals surface area contributed by atoms with Crippen molar-refractivity contribution in [2.24, 2.45) is 34.0 Å². The number of nitrogens with one attached hydrogen (secondary N) is 7. The predicted molar refractivity (Wildman–Crippen MR) is 277 cm³/mol. The summed E-state index contributed by atoms with van der Waals surface area (Å²) in [5, 5.41) is 28.6. The zero-order valence-corrected chi connectivity index (χ0v) is 43.0. The number of carbonyl (C=O) groups excluding carboxylic acids is 9. The van der Waals surface area contributed by atoms with Crippen molar-refractivity contribution in [1.29, 1.82) is 0 Å². The number of primary amides is 1. The summed E-state index contributed by atoms with van der Waals surface area (Å²) in [6, 6.07) is 6.76. The van der Waals surface area contributed by atoms with Crippen LogP contribution in [0.3, 0.4) is 0 Å². The Kier molecular flexibility index (Phi) is 25.2. The van der Waals surface area contributed by atoms with Gasteiger partial charge in [0.1, 0.15) is 48.0 Å². The monoisotopic (exact) mass is 1040 g/mol. The van der Waals surface area contributed by atoms with Gasteiger partial charge in [-0.3, -0.25) is 48.1 Å². The molecule has 1 aliphatic rings. The van der Waals surface area contributed by atoms with Crippen molar-refractivity contribution in [3.63, 3.8) is 0 Å². The molecule has 8 atom stereocenters. The highest BCUT2D eigenvalue weighted by molar-refractivity contribution is 7.80. The quantitative estimate of drug-likeness (QED) is 0.0196. The van der Waals surface area contributed by atoms with E-state index in [9.17, 15) is 48.3 Å². The number of phenols is 1. The molecule has 1 aliphatic heterocycles. The van der Waals surface area contributed by atoms with Gasteiger partial charge in [-0.2, -0.15) is 25.3 Å². The number of guanidine groups is 1. The first-order valence-corrected chi connectivity index (χ1v) is 25.2. The standard InChI is InChI=1S/C48H72N12O10S2/c1-5-28(4)40(59-43(66)34(23-29-11-7-6-8-12-29)56-42(65)33(54-38(63)19-22-71)24-30-15-17-31(61)18-16-30)46(69)58-39(27(2)3)45(68)57-35(26-72)47(70)60-21-10-14-36(60)44(67)55-32(13-9-20-52-48(50)51)41(64)53-25-37(49)62/h6-8,11-12,15-18,27-28,32-36,39-40,61,71-72H,5,9-10,13-14,19-26H2,1-4H3,(H2,49,62)(H,53,64)(H,54,63)(H,55,67)(H,56,65)(H,57,68)(H,58,69)(H,59,66)(H4,50,51,52)/t28-,32+,33-,34-,35-,36-,39-,40-/m0/s1. The molecule has 0 aromatic heterocycles. The number of benzene rings is 2. The average molecular weight is 1040 g/mol. The van der Waals surface area contributed by atoms with Crippen molar-refractivity contribution in [2.45, 2.75) is 121 Å². The Morgan fingerprint density at radius 3 is 1.89 bits per heavy atom. The van der Waals surface area contributed by atoms with Gasteiger partial charge in [0, 0.05) is 38.1 Å². The third-order valence-corrected chi connectivity index (χ3v) is 12.6. The van der Waals surface area contributed by atoms with Crippen LogP contribution in [0.5, 0.6) is 5.75 Å². The Hall–Kier alpha value is -6.56. The van der Waals surface area contributed by atoms with Crippen molar-refractivity contribution < 1.29 is 48.3 Å². The van der Waals surface area contributed by atoms with Crippen LogP contribution in [-0.4, -0.2) is 143 Å². The Balaban J connectivity index is 1.81. The van der Waals surface area contributed by atoms with Crippen molar-refractivity contribution in [3.05, 3.63) is 65.7 Å². The maximum Gasteiger partial charge on any atom is 0.246 e. The molecule has 2 aromatic carbocycles. The van der Waals surface area contributed by atoms with Crippen molar-refractivity contribution in [2.75, 3.05) is 31.1 Å². The van der Waals surface area contributed by atoms with Gasteiger partial charge in [0.25, 0.3) is 0 Å². The second kappa shape index (κ2) is 30.4. The minimum Gasteiger partial charge on any atom is -0.508 e. The highest BCUT2D eigenvalue weighted by atomic mass is 32.1. The number of rotatable bonds is 29. The summed E-state index contributed by atoms with van der Waals surface area (Å²) in [4.78, 5) is 127. The normalized spacial score (nSPS) is 16.0. The van der Waals surface area contributed by atoms with Gasteiger partial charge in [-0.15, -0.1) is 0 Å². The van der Waals surface area contributed by atoms with Gasteiger partial charge >= 0.3 is 0 Å². The molecule has 9 amide bonds. The predicted octanol–water partition coefficient (Wildman–Crippen LogP) is -1.32. The Bertz CT molecular complexity index is 2200. The van der Waals surface area contributed by atoms with E-state index in [1.807, 2.05) is 6.92 Å². The third-order valence-electron chi connectivity index (χ3n) is 12.0. The first kappa shape index (κ1) is 59.7. The number of aliphatic imine (C=N–C) groups is 1. The molecule has 2 aromatic rings. The Labute approximate surface area is 431 Å². The maximum absolute atomic E-state index is 14.4. The number of nitrogens with two attached hydrogens (primary N) is 3. The van der Waals surface area contributed by atoms with Crippen molar-refractivity contribution in [1.82, 2.24) is 42.1 Å². The fourth-order valence-corrected chi connectivity index (χ4v) is 8.25. The smallest absolute Gasteiger partial charge is 0.246 e. The van der Waals surface area contributed by atoms with Gasteiger partial charge in [0.05, 0.1) is 6.54 Å². The van der Waals surface area contributed by atoms with Crippen LogP contribution in [0.15, 0.2) is 59.6 Å².